The van der Waals surface area contributed by atoms with Crippen LogP contribution in [0.2, 0.25) is 0 Å². The van der Waals surface area contributed by atoms with Crippen LogP contribution in [0.25, 0.3) is 0 Å². The molecule has 1 N–H and O–H groups in total. The van der Waals surface area contributed by atoms with Gasteiger partial charge in [0.25, 0.3) is 0 Å². The highest BCUT2D eigenvalue weighted by Crippen LogP contribution is 2.32. The van der Waals surface area contributed by atoms with Crippen LogP contribution >= 0.6 is 11.8 Å². The number of rotatable bonds is 4. The Hall–Kier alpha value is -1.13. The Kier molecular flexibility index (Phi) is 3.88. The van der Waals surface area contributed by atoms with Gasteiger partial charge in [-0.15, -0.1) is 11.8 Å². The fraction of sp³-hybridized carbons (Fsp3) is 0.357. The second kappa shape index (κ2) is 5.24. The van der Waals surface area contributed by atoms with Gasteiger partial charge in [0.05, 0.1) is 5.60 Å². The van der Waals surface area contributed by atoms with Crippen LogP contribution in [0.5, 0.6) is 0 Å². The summed E-state index contributed by atoms with van der Waals surface area (Å²) in [5.41, 5.74) is -0.412. The Labute approximate surface area is 110 Å². The summed E-state index contributed by atoms with van der Waals surface area (Å²) in [6, 6.07) is 5.80. The Bertz CT molecular complexity index is 477. The number of benzene rings is 1. The molecule has 0 bridgehead atoms. The molecule has 1 unspecified atom stereocenters. The van der Waals surface area contributed by atoms with Gasteiger partial charge in [-0.1, -0.05) is 18.2 Å². The molecule has 1 aromatic rings. The van der Waals surface area contributed by atoms with E-state index in [0.29, 0.717) is 17.7 Å². The maximum Gasteiger partial charge on any atom is 0.169 e. The molecule has 2 nitrogen and oxygen atoms in total. The fourth-order valence-corrected chi connectivity index (χ4v) is 2.92. The van der Waals surface area contributed by atoms with Crippen LogP contribution in [-0.4, -0.2) is 16.6 Å². The second-order valence-electron chi connectivity index (χ2n) is 4.60. The van der Waals surface area contributed by atoms with E-state index in [9.17, 15) is 14.3 Å². The quantitative estimate of drug-likeness (QED) is 0.910. The third-order valence-corrected chi connectivity index (χ3v) is 4.36. The summed E-state index contributed by atoms with van der Waals surface area (Å²) in [5, 5.41) is 10.3. The molecule has 1 aliphatic carbocycles. The van der Waals surface area contributed by atoms with E-state index in [1.54, 1.807) is 19.1 Å². The van der Waals surface area contributed by atoms with Crippen molar-refractivity contribution < 1.29 is 14.3 Å². The third-order valence-electron chi connectivity index (χ3n) is 2.95. The molecule has 4 heteroatoms. The number of ketones is 1. The number of thioether (sulfide) groups is 1. The summed E-state index contributed by atoms with van der Waals surface area (Å²) in [6.45, 7) is 1.67. The van der Waals surface area contributed by atoms with Gasteiger partial charge in [0, 0.05) is 17.1 Å². The molecular weight excluding hydrogens is 251 g/mol. The van der Waals surface area contributed by atoms with E-state index in [1.807, 2.05) is 6.08 Å². The number of hydrogen-bond donors (Lipinski definition) is 1. The van der Waals surface area contributed by atoms with Crippen molar-refractivity contribution in [3.05, 3.63) is 46.6 Å². The highest BCUT2D eigenvalue weighted by molar-refractivity contribution is 8.04. The maximum absolute atomic E-state index is 12.8. The van der Waals surface area contributed by atoms with E-state index in [0.717, 1.165) is 11.3 Å². The van der Waals surface area contributed by atoms with Crippen LogP contribution in [0.3, 0.4) is 0 Å². The number of Topliss-reactive ketones (excluding diaryl/α,β-unsaturated/α-hetero) is 1. The molecule has 0 saturated heterocycles. The third kappa shape index (κ3) is 3.00. The Morgan fingerprint density at radius 1 is 1.39 bits per heavy atom. The lowest BCUT2D eigenvalue weighted by Crippen LogP contribution is -2.24. The van der Waals surface area contributed by atoms with Gasteiger partial charge in [-0.05, 0) is 31.0 Å². The molecule has 2 rings (SSSR count). The van der Waals surface area contributed by atoms with Crippen molar-refractivity contribution in [3.8, 4) is 0 Å². The van der Waals surface area contributed by atoms with Gasteiger partial charge in [-0.2, -0.15) is 0 Å². The highest BCUT2D eigenvalue weighted by Gasteiger charge is 2.26. The first-order valence-electron chi connectivity index (χ1n) is 5.83. The molecule has 0 heterocycles. The van der Waals surface area contributed by atoms with Gasteiger partial charge in [0.15, 0.2) is 5.78 Å². The second-order valence-corrected chi connectivity index (χ2v) is 5.62. The molecule has 96 valence electrons. The number of allylic oxidation sites excluding steroid dienone is 2. The van der Waals surface area contributed by atoms with Crippen molar-refractivity contribution in [1.29, 1.82) is 0 Å². The molecule has 0 radical (unpaired) electrons. The van der Waals surface area contributed by atoms with Crippen molar-refractivity contribution in [1.82, 2.24) is 0 Å². The van der Waals surface area contributed by atoms with Crippen molar-refractivity contribution in [2.24, 2.45) is 0 Å². The zero-order chi connectivity index (χ0) is 13.2. The molecule has 0 amide bonds. The number of aliphatic hydroxyl groups is 1. The summed E-state index contributed by atoms with van der Waals surface area (Å²) in [7, 11) is 0. The Balaban J connectivity index is 2.03. The van der Waals surface area contributed by atoms with Gasteiger partial charge in [0.1, 0.15) is 5.82 Å². The average Bonchev–Trinajstić information content (AvgIpc) is 2.73. The van der Waals surface area contributed by atoms with Crippen molar-refractivity contribution in [3.63, 3.8) is 0 Å². The summed E-state index contributed by atoms with van der Waals surface area (Å²) < 4.78 is 12.8. The summed E-state index contributed by atoms with van der Waals surface area (Å²) in [5.74, 6) is 0.210. The van der Waals surface area contributed by atoms with E-state index in [1.165, 1.54) is 23.9 Å². The summed E-state index contributed by atoms with van der Waals surface area (Å²) in [4.78, 5) is 12.2. The van der Waals surface area contributed by atoms with Gasteiger partial charge in [-0.3, -0.25) is 4.79 Å². The zero-order valence-electron chi connectivity index (χ0n) is 10.1. The predicted octanol–water partition coefficient (Wildman–Crippen LogP) is 3.01. The van der Waals surface area contributed by atoms with Gasteiger partial charge < -0.3 is 5.11 Å². The molecular formula is C14H15FO2S. The lowest BCUT2D eigenvalue weighted by Gasteiger charge is -2.23. The van der Waals surface area contributed by atoms with Gasteiger partial charge >= 0.3 is 0 Å². The standard InChI is InChI=1S/C14H15FO2S/c1-14(17,10-5-7-11(15)8-6-10)9-18-13-4-2-3-12(13)16/h4-8,17H,2-3,9H2,1H3. The van der Waals surface area contributed by atoms with Crippen molar-refractivity contribution >= 4 is 17.5 Å². The first-order chi connectivity index (χ1) is 8.49. The normalized spacial score (nSPS) is 18.6. The first kappa shape index (κ1) is 13.3. The topological polar surface area (TPSA) is 37.3 Å². The number of hydrogen-bond acceptors (Lipinski definition) is 3. The van der Waals surface area contributed by atoms with Crippen LogP contribution in [0.1, 0.15) is 25.3 Å². The number of carbonyl (C=O) groups is 1. The van der Waals surface area contributed by atoms with E-state index in [2.05, 4.69) is 0 Å². The molecule has 0 aromatic heterocycles. The molecule has 1 atom stereocenters. The minimum atomic E-state index is -1.07. The molecule has 0 spiro atoms. The molecule has 0 aliphatic heterocycles. The van der Waals surface area contributed by atoms with Crippen LogP contribution < -0.4 is 0 Å². The smallest absolute Gasteiger partial charge is 0.169 e. The monoisotopic (exact) mass is 266 g/mol. The number of halogens is 1. The van der Waals surface area contributed by atoms with Crippen molar-refractivity contribution in [2.45, 2.75) is 25.4 Å². The van der Waals surface area contributed by atoms with Gasteiger partial charge in [-0.25, -0.2) is 4.39 Å². The zero-order valence-corrected chi connectivity index (χ0v) is 11.0. The largest absolute Gasteiger partial charge is 0.385 e. The van der Waals surface area contributed by atoms with E-state index in [4.69, 9.17) is 0 Å². The number of carbonyl (C=O) groups excluding carboxylic acids is 1. The highest BCUT2D eigenvalue weighted by atomic mass is 32.2. The SMILES string of the molecule is CC(O)(CSC1=CCCC1=O)c1ccc(F)cc1. The Morgan fingerprint density at radius 3 is 2.61 bits per heavy atom. The Morgan fingerprint density at radius 2 is 2.06 bits per heavy atom. The van der Waals surface area contributed by atoms with Crippen LogP contribution in [0, 0.1) is 5.82 Å². The molecule has 0 saturated carbocycles. The van der Waals surface area contributed by atoms with Crippen LogP contribution in [-0.2, 0) is 10.4 Å². The van der Waals surface area contributed by atoms with Crippen molar-refractivity contribution in [2.75, 3.05) is 5.75 Å². The summed E-state index contributed by atoms with van der Waals surface area (Å²) >= 11 is 1.37. The maximum atomic E-state index is 12.8. The van der Waals surface area contributed by atoms with E-state index in [-0.39, 0.29) is 11.6 Å². The minimum absolute atomic E-state index is 0.148. The average molecular weight is 266 g/mol. The fourth-order valence-electron chi connectivity index (χ4n) is 1.82. The van der Waals surface area contributed by atoms with Crippen LogP contribution in [0.15, 0.2) is 35.2 Å². The van der Waals surface area contributed by atoms with E-state index >= 15 is 0 Å². The molecule has 18 heavy (non-hydrogen) atoms. The predicted molar refractivity (Wildman–Crippen MR) is 70.8 cm³/mol. The summed E-state index contributed by atoms with van der Waals surface area (Å²) in [6.07, 6.45) is 3.27. The lowest BCUT2D eigenvalue weighted by molar-refractivity contribution is -0.114. The molecule has 1 aromatic carbocycles. The molecule has 1 aliphatic rings. The lowest BCUT2D eigenvalue weighted by atomic mass is 9.98. The first-order valence-corrected chi connectivity index (χ1v) is 6.82. The minimum Gasteiger partial charge on any atom is -0.385 e. The van der Waals surface area contributed by atoms with Crippen LogP contribution in [0.4, 0.5) is 4.39 Å². The van der Waals surface area contributed by atoms with E-state index < -0.39 is 5.60 Å². The van der Waals surface area contributed by atoms with Gasteiger partial charge in [0.2, 0.25) is 0 Å². The molecule has 0 fully saturated rings.